The van der Waals surface area contributed by atoms with Crippen molar-refractivity contribution in [2.24, 2.45) is 4.99 Å². The van der Waals surface area contributed by atoms with Crippen LogP contribution in [0.15, 0.2) is 22.8 Å². The molecule has 4 nitrogen and oxygen atoms in total. The number of aryl methyl sites for hydroxylation is 2. The zero-order chi connectivity index (χ0) is 17.5. The predicted octanol–water partition coefficient (Wildman–Crippen LogP) is 2.04. The SMILES string of the molecule is Cc1cn(C=[C-][C](=[W])S[C-]=N[C](=[W])C2=C[CH-]N[CH-]C2)[c](=[W])c(C)n1.[W].[W].[W].[W].[W].[W].[W].[W].[W].[W].[W].[W].[W].[W].[W].[Y].[Y].[Y].[Y]. The van der Waals surface area contributed by atoms with Crippen LogP contribution < -0.4 is 5.32 Å². The van der Waals surface area contributed by atoms with E-state index in [1.54, 1.807) is 0 Å². The number of hydrogen-bond acceptors (Lipinski definition) is 4. The van der Waals surface area contributed by atoms with Crippen molar-refractivity contribution in [2.75, 3.05) is 0 Å². The van der Waals surface area contributed by atoms with Gasteiger partial charge in [-0.1, -0.05) is 0 Å². The molecule has 0 atom stereocenters. The molecule has 1 aromatic heterocycles. The zero-order valence-electron chi connectivity index (χ0n) is 21.5. The van der Waals surface area contributed by atoms with Crippen molar-refractivity contribution in [1.29, 1.82) is 0 Å². The van der Waals surface area contributed by atoms with Gasteiger partial charge >= 0.3 is 181 Å². The normalized spacial score (nSPS) is 8.19. The maximum absolute atomic E-state index is 4.48. The smallest absolute Gasteiger partial charge is 0 e. The summed E-state index contributed by atoms with van der Waals surface area (Å²) in [6.07, 6.45) is 10.3. The summed E-state index contributed by atoms with van der Waals surface area (Å²) in [5, 5.41) is 3.07. The van der Waals surface area contributed by atoms with Crippen molar-refractivity contribution in [3.8, 4) is 0 Å². The molecule has 0 fully saturated rings. The van der Waals surface area contributed by atoms with Gasteiger partial charge in [-0.2, -0.15) is 0 Å². The second kappa shape index (κ2) is 77.5. The molecule has 0 aromatic carbocycles. The third kappa shape index (κ3) is 59.1. The molecule has 0 spiro atoms. The first-order valence-corrected chi connectivity index (χ1v) is 12.2. The third-order valence-electron chi connectivity index (χ3n) is 2.92. The quantitative estimate of drug-likeness (QED) is 0.270. The van der Waals surface area contributed by atoms with Gasteiger partial charge in [-0.25, -0.2) is 0 Å². The molecule has 0 saturated carbocycles. The van der Waals surface area contributed by atoms with Gasteiger partial charge in [0.2, 0.25) is 0 Å². The molecule has 0 amide bonds. The molecule has 43 heavy (non-hydrogen) atoms. The molecule has 0 unspecified atom stereocenters. The van der Waals surface area contributed by atoms with Crippen LogP contribution in [0.2, 0.25) is 0 Å². The number of aliphatic imine (C=N–C) groups is 1. The molecule has 1 N–H and O–H groups in total. The standard InChI is InChI=1S/C16H14N4S.18W.4Y/c1-14-11-20(12-15(2)19-14)8-3-9-21-13-18-10-16-4-6-17-7-5-16;;;;;;;;;;;;;;;;;;;;;;/h4,6-8,11,17H,5H2,1-2H3;;;;;;;;;;;;;;;;;;;;;;/q-4;;;;;;;;;;;;;;;;;;;;;;. The summed E-state index contributed by atoms with van der Waals surface area (Å²) in [5.74, 6) is 0. The van der Waals surface area contributed by atoms with Crippen molar-refractivity contribution in [2.45, 2.75) is 20.3 Å². The van der Waals surface area contributed by atoms with E-state index in [0.29, 0.717) is 0 Å². The van der Waals surface area contributed by atoms with E-state index >= 15 is 0 Å². The van der Waals surface area contributed by atoms with Gasteiger partial charge in [0.1, 0.15) is 0 Å². The number of hydrogen-bond donors (Lipinski definition) is 1. The minimum atomic E-state index is 0. The summed E-state index contributed by atoms with van der Waals surface area (Å²) in [6, 6.07) is 0. The molecule has 1 aliphatic rings. The van der Waals surface area contributed by atoms with Crippen LogP contribution in [0.25, 0.3) is 6.20 Å². The summed E-state index contributed by atoms with van der Waals surface area (Å²) >= 11 is 5.62. The molecular weight excluding hydrogens is 3950 g/mol. The Hall–Kier alpha value is 15.0. The van der Waals surface area contributed by atoms with E-state index in [1.807, 2.05) is 39.3 Å². The van der Waals surface area contributed by atoms with Gasteiger partial charge in [-0.15, -0.1) is 0 Å². The Morgan fingerprint density at radius 2 is 1.33 bits per heavy atom. The van der Waals surface area contributed by atoms with E-state index in [-0.39, 0.29) is 447 Å². The number of aromatic nitrogens is 2. The van der Waals surface area contributed by atoms with E-state index in [0.717, 1.165) is 25.1 Å². The average Bonchev–Trinajstić information content (AvgIpc) is 2.57. The van der Waals surface area contributed by atoms with Gasteiger partial charge in [-0.3, -0.25) is 0 Å². The Kier molecular flexibility index (Phi) is 212. The van der Waals surface area contributed by atoms with Crippen LogP contribution >= 0.6 is 11.8 Å². The van der Waals surface area contributed by atoms with Crippen molar-refractivity contribution < 1.29 is 505 Å². The topological polar surface area (TPSA) is 42.2 Å². The molecule has 228 valence electrons. The van der Waals surface area contributed by atoms with Gasteiger partial charge in [-0.05, 0) is 0 Å². The van der Waals surface area contributed by atoms with Crippen LogP contribution in [0.4, 0.5) is 0 Å². The van der Waals surface area contributed by atoms with Gasteiger partial charge in [0, 0.05) is 447 Å². The van der Waals surface area contributed by atoms with Gasteiger partial charge in [0.15, 0.2) is 0 Å². The number of rotatable bonds is 6. The Labute approximate surface area is 610 Å². The number of nitrogens with zero attached hydrogens (tertiary/aromatic N) is 3. The minimum Gasteiger partial charge on any atom is 0 e. The summed E-state index contributed by atoms with van der Waals surface area (Å²) in [7, 11) is 0. The maximum Gasteiger partial charge on any atom is 0 e. The predicted molar refractivity (Wildman–Crippen MR) is 88.4 cm³/mol. The first-order valence-electron chi connectivity index (χ1n) is 6.94. The van der Waals surface area contributed by atoms with Crippen molar-refractivity contribution in [3.05, 3.63) is 52.1 Å². The third-order valence-corrected chi connectivity index (χ3v) is 7.81. The minimum absolute atomic E-state index is 0. The van der Waals surface area contributed by atoms with Crippen LogP contribution in [0.5, 0.6) is 0 Å². The van der Waals surface area contributed by atoms with Gasteiger partial charge in [0.05, 0.1) is 0 Å². The Bertz CT molecular complexity index is 838. The van der Waals surface area contributed by atoms with Crippen LogP contribution in [-0.2, 0) is 505 Å². The van der Waals surface area contributed by atoms with Crippen molar-refractivity contribution in [3.63, 3.8) is 0 Å². The summed E-state index contributed by atoms with van der Waals surface area (Å²) < 4.78 is 5.49. The molecule has 2 heterocycles. The fraction of sp³-hybridized carbons (Fsp3) is 0.188. The maximum atomic E-state index is 4.48. The van der Waals surface area contributed by atoms with E-state index in [4.69, 9.17) is 0 Å². The van der Waals surface area contributed by atoms with Crippen LogP contribution in [-0.4, -0.2) is 22.3 Å². The Morgan fingerprint density at radius 1 is 0.884 bits per heavy atom. The Morgan fingerprint density at radius 3 is 1.72 bits per heavy atom. The second-order valence-corrected chi connectivity index (χ2v) is 10.9. The first-order chi connectivity index (χ1) is 11.5. The van der Waals surface area contributed by atoms with E-state index < -0.39 is 0 Å². The van der Waals surface area contributed by atoms with Gasteiger partial charge in [0.25, 0.3) is 0 Å². The fourth-order valence-corrected chi connectivity index (χ4v) is 4.23. The molecule has 0 bridgehead atoms. The monoisotopic (exact) mass is 3960 g/mol. The molecule has 1 aliphatic heterocycles. The van der Waals surface area contributed by atoms with Crippen molar-refractivity contribution >= 4 is 30.8 Å². The van der Waals surface area contributed by atoms with Crippen LogP contribution in [0, 0.1) is 36.7 Å². The van der Waals surface area contributed by atoms with Gasteiger partial charge < -0.3 is 0 Å². The molecule has 2 rings (SSSR count). The molecule has 4 radical (unpaired) electrons. The number of thioether (sulfide) groups is 1. The van der Waals surface area contributed by atoms with E-state index in [1.165, 1.54) is 79.1 Å². The second-order valence-electron chi connectivity index (χ2n) is 4.78. The van der Waals surface area contributed by atoms with Crippen molar-refractivity contribution in [1.82, 2.24) is 14.9 Å². The molecule has 0 saturated heterocycles. The zero-order valence-corrected chi connectivity index (χ0v) is 86.5. The molecule has 1 aromatic rings. The van der Waals surface area contributed by atoms with Crippen LogP contribution in [0.1, 0.15) is 17.8 Å². The summed E-state index contributed by atoms with van der Waals surface area (Å²) in [4.78, 5) is 8.92. The van der Waals surface area contributed by atoms with E-state index in [2.05, 4.69) is 37.6 Å². The fourth-order valence-electron chi connectivity index (χ4n) is 1.83. The molecule has 27 heteroatoms. The summed E-state index contributed by atoms with van der Waals surface area (Å²) in [5.41, 5.74) is 6.41. The molecule has 0 aliphatic carbocycles. The largest absolute Gasteiger partial charge is 0 e. The average molecular weight is 3960 g/mol. The van der Waals surface area contributed by atoms with Crippen LogP contribution in [0.3, 0.4) is 0 Å². The summed E-state index contributed by atoms with van der Waals surface area (Å²) in [6.45, 7) is 8.01. The Balaban J connectivity index is -0.0000000206. The first kappa shape index (κ1) is 118. The van der Waals surface area contributed by atoms with E-state index in [9.17, 15) is 0 Å². The molecular formula is C16H14N4SW18Y4-4. The number of nitrogens with one attached hydrogen (secondary N) is 1.